The monoisotopic (exact) mass is 442 g/mol. The molecule has 0 amide bonds. The summed E-state index contributed by atoms with van der Waals surface area (Å²) >= 11 is 0. The van der Waals surface area contributed by atoms with Crippen molar-refractivity contribution >= 4 is 39.4 Å². The van der Waals surface area contributed by atoms with Crippen molar-refractivity contribution in [2.75, 3.05) is 36.4 Å². The lowest BCUT2D eigenvalue weighted by Gasteiger charge is -2.30. The first-order valence-corrected chi connectivity index (χ1v) is 12.0. The first kappa shape index (κ1) is 20.4. The van der Waals surface area contributed by atoms with Crippen LogP contribution in [0.2, 0.25) is 0 Å². The topological polar surface area (TPSA) is 83.8 Å². The van der Waals surface area contributed by atoms with Crippen molar-refractivity contribution in [3.05, 3.63) is 42.0 Å². The van der Waals surface area contributed by atoms with Crippen molar-refractivity contribution in [2.45, 2.75) is 45.6 Å². The molecule has 5 heterocycles. The van der Waals surface area contributed by atoms with E-state index in [9.17, 15) is 0 Å². The minimum atomic E-state index is 0.467. The van der Waals surface area contributed by atoms with Gasteiger partial charge in [0.05, 0.1) is 22.6 Å². The van der Waals surface area contributed by atoms with Crippen molar-refractivity contribution in [1.82, 2.24) is 29.8 Å². The van der Waals surface area contributed by atoms with E-state index in [0.717, 1.165) is 54.4 Å². The third-order valence-corrected chi connectivity index (χ3v) is 7.08. The van der Waals surface area contributed by atoms with E-state index in [2.05, 4.69) is 56.0 Å². The van der Waals surface area contributed by atoms with E-state index in [0.29, 0.717) is 12.0 Å². The Hall–Kier alpha value is -3.26. The number of pyridine rings is 2. The SMILES string of the molecule is Cc1nc(Nc2ncc3c4ccnc(C)c4n(C4CCCC4)c3n2)ccc1N1CCNCC1. The molecule has 1 aliphatic heterocycles. The van der Waals surface area contributed by atoms with Gasteiger partial charge >= 0.3 is 0 Å². The summed E-state index contributed by atoms with van der Waals surface area (Å²) < 4.78 is 2.42. The molecule has 0 atom stereocenters. The zero-order chi connectivity index (χ0) is 22.4. The van der Waals surface area contributed by atoms with Gasteiger partial charge in [-0.2, -0.15) is 4.98 Å². The summed E-state index contributed by atoms with van der Waals surface area (Å²) in [6, 6.07) is 6.73. The molecular weight excluding hydrogens is 412 g/mol. The average molecular weight is 443 g/mol. The zero-order valence-corrected chi connectivity index (χ0v) is 19.3. The standard InChI is InChI=1S/C25H30N8/c1-16-21(32-13-11-26-12-14-32)7-8-22(29-16)30-25-28-15-20-19-9-10-27-17(2)23(19)33(24(20)31-25)18-5-3-4-6-18/h7-10,15,18,26H,3-6,11-14H2,1-2H3,(H,28,29,30,31). The molecular formula is C25H30N8. The first-order chi connectivity index (χ1) is 16.2. The Bertz CT molecular complexity index is 1320. The maximum absolute atomic E-state index is 4.99. The molecule has 1 saturated carbocycles. The van der Waals surface area contributed by atoms with Gasteiger partial charge in [0.15, 0.2) is 0 Å². The lowest BCUT2D eigenvalue weighted by atomic mass is 10.2. The summed E-state index contributed by atoms with van der Waals surface area (Å²) in [4.78, 5) is 21.4. The van der Waals surface area contributed by atoms with Crippen LogP contribution in [0.5, 0.6) is 0 Å². The normalized spacial score (nSPS) is 17.3. The van der Waals surface area contributed by atoms with Crippen LogP contribution in [0.15, 0.2) is 30.6 Å². The third-order valence-electron chi connectivity index (χ3n) is 7.08. The molecule has 8 heteroatoms. The molecule has 4 aromatic heterocycles. The largest absolute Gasteiger partial charge is 0.368 e. The molecule has 0 aromatic carbocycles. The quantitative estimate of drug-likeness (QED) is 0.488. The minimum Gasteiger partial charge on any atom is -0.368 e. The van der Waals surface area contributed by atoms with Crippen LogP contribution in [0, 0.1) is 13.8 Å². The summed E-state index contributed by atoms with van der Waals surface area (Å²) in [7, 11) is 0. The lowest BCUT2D eigenvalue weighted by Crippen LogP contribution is -2.43. The number of hydrogen-bond acceptors (Lipinski definition) is 7. The molecule has 1 aliphatic carbocycles. The fourth-order valence-corrected chi connectivity index (χ4v) is 5.49. The Kier molecular flexibility index (Phi) is 5.10. The molecule has 2 N–H and O–H groups in total. The predicted octanol–water partition coefficient (Wildman–Crippen LogP) is 4.26. The van der Waals surface area contributed by atoms with Crippen molar-refractivity contribution in [3.63, 3.8) is 0 Å². The van der Waals surface area contributed by atoms with Crippen LogP contribution in [0.1, 0.15) is 43.1 Å². The number of nitrogens with one attached hydrogen (secondary N) is 2. The van der Waals surface area contributed by atoms with Crippen LogP contribution in [0.3, 0.4) is 0 Å². The van der Waals surface area contributed by atoms with Gasteiger partial charge in [0.2, 0.25) is 5.95 Å². The molecule has 0 bridgehead atoms. The molecule has 8 nitrogen and oxygen atoms in total. The summed E-state index contributed by atoms with van der Waals surface area (Å²) in [6.07, 6.45) is 8.74. The van der Waals surface area contributed by atoms with Gasteiger partial charge in [-0.3, -0.25) is 4.98 Å². The number of aromatic nitrogens is 5. The van der Waals surface area contributed by atoms with Crippen LogP contribution >= 0.6 is 0 Å². The van der Waals surface area contributed by atoms with E-state index in [-0.39, 0.29) is 0 Å². The molecule has 170 valence electrons. The first-order valence-electron chi connectivity index (χ1n) is 12.0. The second-order valence-corrected chi connectivity index (χ2v) is 9.19. The molecule has 0 spiro atoms. The van der Waals surface area contributed by atoms with E-state index in [4.69, 9.17) is 9.97 Å². The highest BCUT2D eigenvalue weighted by Gasteiger charge is 2.24. The maximum Gasteiger partial charge on any atom is 0.230 e. The fourth-order valence-electron chi connectivity index (χ4n) is 5.49. The lowest BCUT2D eigenvalue weighted by molar-refractivity contribution is 0.546. The number of aryl methyl sites for hydroxylation is 2. The molecule has 2 fully saturated rings. The van der Waals surface area contributed by atoms with Gasteiger partial charge in [-0.1, -0.05) is 12.8 Å². The highest BCUT2D eigenvalue weighted by Crippen LogP contribution is 2.38. The molecule has 4 aromatic rings. The van der Waals surface area contributed by atoms with Gasteiger partial charge in [-0.15, -0.1) is 0 Å². The van der Waals surface area contributed by atoms with Crippen molar-refractivity contribution in [2.24, 2.45) is 0 Å². The third kappa shape index (κ3) is 3.58. The van der Waals surface area contributed by atoms with Crippen LogP contribution in [0.25, 0.3) is 21.9 Å². The zero-order valence-electron chi connectivity index (χ0n) is 19.3. The molecule has 0 unspecified atom stereocenters. The highest BCUT2D eigenvalue weighted by molar-refractivity contribution is 6.07. The number of anilines is 3. The summed E-state index contributed by atoms with van der Waals surface area (Å²) in [5, 5.41) is 9.03. The second kappa shape index (κ2) is 8.26. The van der Waals surface area contributed by atoms with E-state index in [1.807, 2.05) is 18.5 Å². The maximum atomic E-state index is 4.99. The number of fused-ring (bicyclic) bond motifs is 3. The van der Waals surface area contributed by atoms with Gasteiger partial charge in [0.1, 0.15) is 11.5 Å². The van der Waals surface area contributed by atoms with Crippen molar-refractivity contribution in [3.8, 4) is 0 Å². The van der Waals surface area contributed by atoms with Crippen LogP contribution in [0.4, 0.5) is 17.5 Å². The number of rotatable bonds is 4. The molecule has 0 radical (unpaired) electrons. The van der Waals surface area contributed by atoms with Crippen LogP contribution in [-0.4, -0.2) is 50.7 Å². The molecule has 2 aliphatic rings. The second-order valence-electron chi connectivity index (χ2n) is 9.19. The highest BCUT2D eigenvalue weighted by atomic mass is 15.2. The smallest absolute Gasteiger partial charge is 0.230 e. The molecule has 33 heavy (non-hydrogen) atoms. The summed E-state index contributed by atoms with van der Waals surface area (Å²) in [6.45, 7) is 8.20. The van der Waals surface area contributed by atoms with E-state index in [1.54, 1.807) is 0 Å². The van der Waals surface area contributed by atoms with E-state index in [1.165, 1.54) is 42.3 Å². The Labute approximate surface area is 193 Å². The van der Waals surface area contributed by atoms with Crippen LogP contribution in [-0.2, 0) is 0 Å². The summed E-state index contributed by atoms with van der Waals surface area (Å²) in [5.41, 5.74) is 5.44. The Morgan fingerprint density at radius 1 is 0.939 bits per heavy atom. The summed E-state index contributed by atoms with van der Waals surface area (Å²) in [5.74, 6) is 1.35. The average Bonchev–Trinajstić information content (AvgIpc) is 3.46. The van der Waals surface area contributed by atoms with E-state index >= 15 is 0 Å². The number of hydrogen-bond donors (Lipinski definition) is 2. The van der Waals surface area contributed by atoms with Crippen molar-refractivity contribution < 1.29 is 0 Å². The van der Waals surface area contributed by atoms with Gasteiger partial charge in [-0.25, -0.2) is 9.97 Å². The van der Waals surface area contributed by atoms with Gasteiger partial charge in [-0.05, 0) is 44.9 Å². The Morgan fingerprint density at radius 3 is 2.55 bits per heavy atom. The molecule has 6 rings (SSSR count). The number of nitrogens with zero attached hydrogens (tertiary/aromatic N) is 6. The fraction of sp³-hybridized carbons (Fsp3) is 0.440. The van der Waals surface area contributed by atoms with Gasteiger partial charge < -0.3 is 20.1 Å². The minimum absolute atomic E-state index is 0.467. The van der Waals surface area contributed by atoms with Crippen molar-refractivity contribution in [1.29, 1.82) is 0 Å². The van der Waals surface area contributed by atoms with Gasteiger partial charge in [0, 0.05) is 55.4 Å². The molecule has 1 saturated heterocycles. The number of piperazine rings is 1. The Morgan fingerprint density at radius 2 is 1.76 bits per heavy atom. The Balaban J connectivity index is 1.38. The van der Waals surface area contributed by atoms with E-state index < -0.39 is 0 Å². The van der Waals surface area contributed by atoms with Crippen LogP contribution < -0.4 is 15.5 Å². The predicted molar refractivity (Wildman–Crippen MR) is 132 cm³/mol. The van der Waals surface area contributed by atoms with Gasteiger partial charge in [0.25, 0.3) is 0 Å².